The summed E-state index contributed by atoms with van der Waals surface area (Å²) < 4.78 is 36.1. The van der Waals surface area contributed by atoms with E-state index in [-0.39, 0.29) is 17.6 Å². The van der Waals surface area contributed by atoms with Crippen LogP contribution in [0.5, 0.6) is 0 Å². The number of rotatable bonds is 4. The highest BCUT2D eigenvalue weighted by molar-refractivity contribution is 7.90. The van der Waals surface area contributed by atoms with Gasteiger partial charge < -0.3 is 13.5 Å². The van der Waals surface area contributed by atoms with E-state index in [0.717, 1.165) is 6.26 Å². The Labute approximate surface area is 136 Å². The number of hydrogen-bond acceptors (Lipinski definition) is 7. The van der Waals surface area contributed by atoms with E-state index in [1.165, 1.54) is 6.26 Å². The SMILES string of the molecule is CS(=O)(=O)c1nc2ccccc2n1Cc1nc(-c2ccco2)no1. The maximum Gasteiger partial charge on any atom is 0.247 e. The number of benzene rings is 1. The molecule has 122 valence electrons. The van der Waals surface area contributed by atoms with E-state index in [0.29, 0.717) is 22.6 Å². The minimum atomic E-state index is -3.51. The molecule has 0 N–H and O–H groups in total. The van der Waals surface area contributed by atoms with Gasteiger partial charge in [0.25, 0.3) is 0 Å². The minimum absolute atomic E-state index is 0.0403. The van der Waals surface area contributed by atoms with Gasteiger partial charge >= 0.3 is 0 Å². The highest BCUT2D eigenvalue weighted by Crippen LogP contribution is 2.22. The summed E-state index contributed by atoms with van der Waals surface area (Å²) in [4.78, 5) is 8.45. The molecule has 9 heteroatoms. The van der Waals surface area contributed by atoms with Crippen molar-refractivity contribution in [2.24, 2.45) is 0 Å². The predicted molar refractivity (Wildman–Crippen MR) is 83.9 cm³/mol. The fraction of sp³-hybridized carbons (Fsp3) is 0.133. The molecule has 4 aromatic rings. The third-order valence-electron chi connectivity index (χ3n) is 3.45. The topological polar surface area (TPSA) is 104 Å². The molecule has 0 saturated heterocycles. The Kier molecular flexibility index (Phi) is 3.24. The van der Waals surface area contributed by atoms with Gasteiger partial charge in [0, 0.05) is 6.26 Å². The monoisotopic (exact) mass is 344 g/mol. The van der Waals surface area contributed by atoms with Crippen LogP contribution >= 0.6 is 0 Å². The van der Waals surface area contributed by atoms with E-state index in [1.807, 2.05) is 6.07 Å². The first-order valence-electron chi connectivity index (χ1n) is 7.04. The van der Waals surface area contributed by atoms with Crippen LogP contribution in [0.2, 0.25) is 0 Å². The molecule has 24 heavy (non-hydrogen) atoms. The van der Waals surface area contributed by atoms with E-state index in [4.69, 9.17) is 8.94 Å². The molecule has 3 heterocycles. The molecule has 0 bridgehead atoms. The van der Waals surface area contributed by atoms with E-state index in [1.54, 1.807) is 34.9 Å². The van der Waals surface area contributed by atoms with E-state index in [2.05, 4.69) is 15.1 Å². The lowest BCUT2D eigenvalue weighted by Crippen LogP contribution is -2.10. The number of furan rings is 1. The van der Waals surface area contributed by atoms with Crippen molar-refractivity contribution >= 4 is 20.9 Å². The van der Waals surface area contributed by atoms with Crippen LogP contribution < -0.4 is 0 Å². The van der Waals surface area contributed by atoms with Crippen molar-refractivity contribution in [2.45, 2.75) is 11.7 Å². The Bertz CT molecular complexity index is 1110. The van der Waals surface area contributed by atoms with Gasteiger partial charge in [-0.3, -0.25) is 0 Å². The zero-order valence-corrected chi connectivity index (χ0v) is 13.4. The minimum Gasteiger partial charge on any atom is -0.461 e. The summed E-state index contributed by atoms with van der Waals surface area (Å²) in [6.07, 6.45) is 2.63. The zero-order chi connectivity index (χ0) is 16.7. The van der Waals surface area contributed by atoms with Crippen molar-refractivity contribution in [1.82, 2.24) is 19.7 Å². The van der Waals surface area contributed by atoms with E-state index in [9.17, 15) is 8.42 Å². The summed E-state index contributed by atoms with van der Waals surface area (Å²) in [5.41, 5.74) is 1.26. The molecular weight excluding hydrogens is 332 g/mol. The lowest BCUT2D eigenvalue weighted by Gasteiger charge is -2.04. The Morgan fingerprint density at radius 1 is 1.12 bits per heavy atom. The van der Waals surface area contributed by atoms with Gasteiger partial charge in [0.15, 0.2) is 5.76 Å². The molecule has 1 aromatic carbocycles. The molecule has 3 aromatic heterocycles. The van der Waals surface area contributed by atoms with Crippen molar-refractivity contribution in [2.75, 3.05) is 6.26 Å². The third-order valence-corrected chi connectivity index (χ3v) is 4.43. The fourth-order valence-corrected chi connectivity index (χ4v) is 3.28. The highest BCUT2D eigenvalue weighted by Gasteiger charge is 2.21. The Morgan fingerprint density at radius 2 is 1.96 bits per heavy atom. The number of imidazole rings is 1. The quantitative estimate of drug-likeness (QED) is 0.558. The largest absolute Gasteiger partial charge is 0.461 e. The highest BCUT2D eigenvalue weighted by atomic mass is 32.2. The van der Waals surface area contributed by atoms with Crippen molar-refractivity contribution in [1.29, 1.82) is 0 Å². The van der Waals surface area contributed by atoms with Crippen molar-refractivity contribution < 1.29 is 17.4 Å². The maximum absolute atomic E-state index is 12.0. The molecule has 0 aliphatic heterocycles. The molecule has 0 atom stereocenters. The molecular formula is C15H12N4O4S. The predicted octanol–water partition coefficient (Wildman–Crippen LogP) is 2.13. The molecule has 0 amide bonds. The standard InChI is InChI=1S/C15H12N4O4S/c1-24(20,21)15-16-10-5-2-3-6-11(10)19(15)9-13-17-14(18-23-13)12-7-4-8-22-12/h2-8H,9H2,1H3. The van der Waals surface area contributed by atoms with Crippen molar-refractivity contribution in [3.05, 3.63) is 48.6 Å². The normalized spacial score (nSPS) is 12.0. The van der Waals surface area contributed by atoms with E-state index >= 15 is 0 Å². The smallest absolute Gasteiger partial charge is 0.247 e. The zero-order valence-electron chi connectivity index (χ0n) is 12.6. The molecule has 0 saturated carbocycles. The van der Waals surface area contributed by atoms with Gasteiger partial charge in [0.2, 0.25) is 26.7 Å². The first-order valence-corrected chi connectivity index (χ1v) is 8.93. The molecule has 0 aliphatic carbocycles. The van der Waals surface area contributed by atoms with Gasteiger partial charge in [-0.1, -0.05) is 17.3 Å². The average Bonchev–Trinajstić information content (AvgIpc) is 3.26. The van der Waals surface area contributed by atoms with Gasteiger partial charge in [0.05, 0.1) is 17.3 Å². The number of nitrogens with zero attached hydrogens (tertiary/aromatic N) is 4. The van der Waals surface area contributed by atoms with Gasteiger partial charge in [-0.15, -0.1) is 0 Å². The summed E-state index contributed by atoms with van der Waals surface area (Å²) in [7, 11) is -3.51. The number of sulfone groups is 1. The summed E-state index contributed by atoms with van der Waals surface area (Å²) in [5, 5.41) is 3.81. The average molecular weight is 344 g/mol. The van der Waals surface area contributed by atoms with Gasteiger partial charge in [-0.2, -0.15) is 4.98 Å². The van der Waals surface area contributed by atoms with E-state index < -0.39 is 9.84 Å². The molecule has 0 fully saturated rings. The summed E-state index contributed by atoms with van der Waals surface area (Å²) in [6.45, 7) is 0.0939. The first-order chi connectivity index (χ1) is 11.5. The van der Waals surface area contributed by atoms with Crippen LogP contribution in [0.15, 0.2) is 56.8 Å². The van der Waals surface area contributed by atoms with Crippen LogP contribution in [0.4, 0.5) is 0 Å². The molecule has 0 unspecified atom stereocenters. The Hall–Kier alpha value is -2.94. The van der Waals surface area contributed by atoms with Gasteiger partial charge in [0.1, 0.15) is 6.54 Å². The Morgan fingerprint density at radius 3 is 2.71 bits per heavy atom. The van der Waals surface area contributed by atoms with Gasteiger partial charge in [-0.05, 0) is 24.3 Å². The maximum atomic E-state index is 12.0. The second kappa shape index (κ2) is 5.31. The third kappa shape index (κ3) is 2.48. The second-order valence-electron chi connectivity index (χ2n) is 5.23. The number of fused-ring (bicyclic) bond motifs is 1. The summed E-state index contributed by atoms with van der Waals surface area (Å²) >= 11 is 0. The lowest BCUT2D eigenvalue weighted by molar-refractivity contribution is 0.368. The van der Waals surface area contributed by atoms with Crippen LogP contribution in [0.3, 0.4) is 0 Å². The summed E-state index contributed by atoms with van der Waals surface area (Å²) in [5.74, 6) is 1.04. The van der Waals surface area contributed by atoms with Gasteiger partial charge in [-0.25, -0.2) is 13.4 Å². The van der Waals surface area contributed by atoms with Crippen LogP contribution in [-0.2, 0) is 16.4 Å². The van der Waals surface area contributed by atoms with Crippen molar-refractivity contribution in [3.63, 3.8) is 0 Å². The van der Waals surface area contributed by atoms with Crippen molar-refractivity contribution in [3.8, 4) is 11.6 Å². The number of aromatic nitrogens is 4. The number of para-hydroxylation sites is 2. The summed E-state index contributed by atoms with van der Waals surface area (Å²) in [6, 6.07) is 10.6. The second-order valence-corrected chi connectivity index (χ2v) is 7.14. The fourth-order valence-electron chi connectivity index (χ4n) is 2.45. The molecule has 0 aliphatic rings. The molecule has 4 rings (SSSR count). The number of hydrogen-bond donors (Lipinski definition) is 0. The Balaban J connectivity index is 1.79. The van der Waals surface area contributed by atoms with Crippen LogP contribution in [0, 0.1) is 0 Å². The van der Waals surface area contributed by atoms with Crippen LogP contribution in [0.25, 0.3) is 22.6 Å². The lowest BCUT2D eigenvalue weighted by atomic mass is 10.3. The molecule has 0 spiro atoms. The first kappa shape index (κ1) is 14.6. The van der Waals surface area contributed by atoms with Crippen LogP contribution in [0.1, 0.15) is 5.89 Å². The molecule has 0 radical (unpaired) electrons. The molecule has 8 nitrogen and oxygen atoms in total. The van der Waals surface area contributed by atoms with Crippen LogP contribution in [-0.4, -0.2) is 34.4 Å².